The molecule has 4 aromatic carbocycles. The van der Waals surface area contributed by atoms with E-state index in [1.165, 1.54) is 59.4 Å². The summed E-state index contributed by atoms with van der Waals surface area (Å²) in [6.07, 6.45) is 0. The van der Waals surface area contributed by atoms with Crippen LogP contribution < -0.4 is 29.9 Å². The summed E-state index contributed by atoms with van der Waals surface area (Å²) in [6, 6.07) is 22.9. The standard InChI is InChI=1S/C34H16N4O4S4/c1-37-29(39)21-19-20-23(27-25(21)43-33(45-27)17(13-35)15-9-5-3-6-10-15)31(41)38(2)32(42)24(20)28-26(22(19)30(37)40)44-34(46-28)18(14-36)16-11-7-4-8-12-16/h3-12H,1-2H3. The van der Waals surface area contributed by atoms with Crippen molar-refractivity contribution in [3.8, 4) is 12.1 Å². The highest BCUT2D eigenvalue weighted by Gasteiger charge is 2.29. The summed E-state index contributed by atoms with van der Waals surface area (Å²) in [5.74, 6) is 0. The van der Waals surface area contributed by atoms with Gasteiger partial charge in [0.15, 0.2) is 0 Å². The van der Waals surface area contributed by atoms with Crippen molar-refractivity contribution < 1.29 is 0 Å². The number of nitriles is 2. The monoisotopic (exact) mass is 672 g/mol. The van der Waals surface area contributed by atoms with Gasteiger partial charge in [-0.15, -0.1) is 45.3 Å². The Morgan fingerprint density at radius 3 is 1.04 bits per heavy atom. The Bertz CT molecular complexity index is 2750. The summed E-state index contributed by atoms with van der Waals surface area (Å²) in [4.78, 5) is 56.0. The van der Waals surface area contributed by atoms with Gasteiger partial charge in [-0.1, -0.05) is 60.7 Å². The van der Waals surface area contributed by atoms with Crippen molar-refractivity contribution in [2.45, 2.75) is 0 Å². The van der Waals surface area contributed by atoms with Gasteiger partial charge in [-0.3, -0.25) is 28.3 Å². The van der Waals surface area contributed by atoms with Gasteiger partial charge in [0, 0.05) is 24.9 Å². The van der Waals surface area contributed by atoms with E-state index in [-0.39, 0.29) is 32.3 Å². The SMILES string of the molecule is Cn1c(=O)c2c3sc(=C(C#N)c4ccccc4)sc3c3c(=O)n(C)c(=O)c4c5sc(=C(C#N)c6ccccc6)sc5c(c1=O)c2c34. The van der Waals surface area contributed by atoms with Gasteiger partial charge in [-0.05, 0) is 11.1 Å². The average Bonchev–Trinajstić information content (AvgIpc) is 3.70. The molecule has 46 heavy (non-hydrogen) atoms. The van der Waals surface area contributed by atoms with Crippen LogP contribution in [0.5, 0.6) is 0 Å². The molecule has 220 valence electrons. The Hall–Kier alpha value is -5.24. The van der Waals surface area contributed by atoms with Crippen molar-refractivity contribution in [3.05, 3.63) is 121 Å². The Morgan fingerprint density at radius 1 is 0.500 bits per heavy atom. The van der Waals surface area contributed by atoms with Crippen molar-refractivity contribution in [2.24, 2.45) is 14.1 Å². The molecule has 0 fully saturated rings. The van der Waals surface area contributed by atoms with Gasteiger partial charge in [0.05, 0.1) is 59.2 Å². The second-order valence-electron chi connectivity index (χ2n) is 10.6. The maximum atomic E-state index is 14.0. The summed E-state index contributed by atoms with van der Waals surface area (Å²) in [5, 5.41) is 21.9. The third-order valence-electron chi connectivity index (χ3n) is 8.18. The maximum Gasteiger partial charge on any atom is 0.262 e. The van der Waals surface area contributed by atoms with Crippen molar-refractivity contribution >= 4 is 108 Å². The van der Waals surface area contributed by atoms with E-state index in [0.717, 1.165) is 9.13 Å². The van der Waals surface area contributed by atoms with Crippen LogP contribution in [0.1, 0.15) is 11.1 Å². The second kappa shape index (κ2) is 10.1. The van der Waals surface area contributed by atoms with E-state index >= 15 is 0 Å². The number of pyridine rings is 2. The molecule has 0 N–H and O–H groups in total. The molecule has 0 spiro atoms. The third kappa shape index (κ3) is 3.67. The molecule has 8 nitrogen and oxygen atoms in total. The fraction of sp³-hybridized carbons (Fsp3) is 0.0588. The Balaban J connectivity index is 1.73. The minimum absolute atomic E-state index is 0.226. The molecule has 0 aliphatic carbocycles. The quantitative estimate of drug-likeness (QED) is 0.245. The smallest absolute Gasteiger partial charge is 0.262 e. The summed E-state index contributed by atoms with van der Waals surface area (Å²) >= 11 is 4.89. The zero-order chi connectivity index (χ0) is 32.0. The van der Waals surface area contributed by atoms with Crippen LogP contribution in [-0.2, 0) is 14.1 Å². The lowest BCUT2D eigenvalue weighted by Gasteiger charge is -2.13. The van der Waals surface area contributed by atoms with Crippen molar-refractivity contribution in [1.82, 2.24) is 9.13 Å². The molecular formula is C34H16N4O4S4. The maximum absolute atomic E-state index is 14.0. The van der Waals surface area contributed by atoms with Crippen LogP contribution in [-0.4, -0.2) is 9.13 Å². The van der Waals surface area contributed by atoms with Gasteiger partial charge in [0.2, 0.25) is 0 Å². The number of hydrogen-bond acceptors (Lipinski definition) is 10. The van der Waals surface area contributed by atoms with Gasteiger partial charge >= 0.3 is 0 Å². The summed E-state index contributed by atoms with van der Waals surface area (Å²) in [5.41, 5.74) is -0.0324. The number of rotatable bonds is 2. The van der Waals surface area contributed by atoms with Crippen LogP contribution in [0.2, 0.25) is 0 Å². The predicted molar refractivity (Wildman–Crippen MR) is 188 cm³/mol. The van der Waals surface area contributed by atoms with Crippen molar-refractivity contribution in [1.29, 1.82) is 10.5 Å². The molecule has 8 rings (SSSR count). The van der Waals surface area contributed by atoms with Crippen molar-refractivity contribution in [2.75, 3.05) is 0 Å². The Kier molecular flexibility index (Phi) is 6.23. The highest BCUT2D eigenvalue weighted by atomic mass is 32.2. The Labute approximate surface area is 273 Å². The topological polar surface area (TPSA) is 126 Å². The molecule has 8 aromatic rings. The fourth-order valence-corrected chi connectivity index (χ4v) is 11.6. The normalized spacial score (nSPS) is 11.6. The summed E-state index contributed by atoms with van der Waals surface area (Å²) in [7, 11) is 2.83. The molecule has 0 atom stereocenters. The fourth-order valence-electron chi connectivity index (χ4n) is 6.00. The zero-order valence-electron chi connectivity index (χ0n) is 23.8. The van der Waals surface area contributed by atoms with Gasteiger partial charge in [0.1, 0.15) is 12.1 Å². The molecule has 0 amide bonds. The van der Waals surface area contributed by atoms with Crippen LogP contribution in [0.4, 0.5) is 0 Å². The number of nitrogens with zero attached hydrogens (tertiary/aromatic N) is 4. The molecule has 0 unspecified atom stereocenters. The molecule has 0 aliphatic rings. The first kappa shape index (κ1) is 28.2. The first-order chi connectivity index (χ1) is 22.3. The molecule has 4 heterocycles. The minimum Gasteiger partial charge on any atom is -0.277 e. The van der Waals surface area contributed by atoms with E-state index in [1.807, 2.05) is 60.7 Å². The molecule has 0 bridgehead atoms. The largest absolute Gasteiger partial charge is 0.277 e. The lowest BCUT2D eigenvalue weighted by molar-refractivity contribution is 0.840. The first-order valence-electron chi connectivity index (χ1n) is 13.8. The molecule has 4 aromatic heterocycles. The van der Waals surface area contributed by atoms with E-state index in [4.69, 9.17) is 0 Å². The van der Waals surface area contributed by atoms with Gasteiger partial charge in [-0.25, -0.2) is 0 Å². The van der Waals surface area contributed by atoms with Crippen molar-refractivity contribution in [3.63, 3.8) is 0 Å². The minimum atomic E-state index is -0.550. The highest BCUT2D eigenvalue weighted by molar-refractivity contribution is 7.38. The average molecular weight is 673 g/mol. The van der Waals surface area contributed by atoms with Gasteiger partial charge in [0.25, 0.3) is 22.2 Å². The molecule has 0 radical (unpaired) electrons. The van der Waals surface area contributed by atoms with Gasteiger partial charge in [-0.2, -0.15) is 10.5 Å². The molecule has 12 heteroatoms. The molecular weight excluding hydrogens is 657 g/mol. The molecule has 0 saturated heterocycles. The lowest BCUT2D eigenvalue weighted by atomic mass is 9.96. The Morgan fingerprint density at radius 2 is 0.783 bits per heavy atom. The summed E-state index contributed by atoms with van der Waals surface area (Å²) in [6.45, 7) is 0. The van der Waals surface area contributed by atoms with Crippen LogP contribution in [0, 0.1) is 22.7 Å². The lowest BCUT2D eigenvalue weighted by Crippen LogP contribution is -2.33. The first-order valence-corrected chi connectivity index (χ1v) is 17.0. The van der Waals surface area contributed by atoms with Crippen LogP contribution in [0.3, 0.4) is 0 Å². The van der Waals surface area contributed by atoms with Gasteiger partial charge < -0.3 is 0 Å². The van der Waals surface area contributed by atoms with E-state index in [9.17, 15) is 29.7 Å². The number of aromatic nitrogens is 2. The number of fused-ring (bicyclic) bond motifs is 6. The van der Waals surface area contributed by atoms with E-state index in [2.05, 4.69) is 12.1 Å². The predicted octanol–water partition coefficient (Wildman–Crippen LogP) is 4.70. The molecule has 0 aliphatic heterocycles. The second-order valence-corrected chi connectivity index (χ2v) is 15.2. The number of hydrogen-bond donors (Lipinski definition) is 0. The van der Waals surface area contributed by atoms with Crippen LogP contribution >= 0.6 is 45.3 Å². The van der Waals surface area contributed by atoms with E-state index < -0.39 is 22.2 Å². The summed E-state index contributed by atoms with van der Waals surface area (Å²) < 4.78 is 5.22. The van der Waals surface area contributed by atoms with Crippen LogP contribution in [0.25, 0.3) is 62.3 Å². The highest BCUT2D eigenvalue weighted by Crippen LogP contribution is 2.44. The zero-order valence-corrected chi connectivity index (χ0v) is 27.1. The number of benzene rings is 4. The van der Waals surface area contributed by atoms with E-state index in [1.54, 1.807) is 0 Å². The third-order valence-corrected chi connectivity index (χ3v) is 13.4. The van der Waals surface area contributed by atoms with Crippen LogP contribution in [0.15, 0.2) is 79.8 Å². The van der Waals surface area contributed by atoms with E-state index in [0.29, 0.717) is 48.8 Å². The molecule has 0 saturated carbocycles.